The minimum absolute atomic E-state index is 0.0332. The van der Waals surface area contributed by atoms with Crippen LogP contribution in [0.15, 0.2) is 28.7 Å². The summed E-state index contributed by atoms with van der Waals surface area (Å²) in [5.41, 5.74) is 0.973. The Labute approximate surface area is 110 Å². The summed E-state index contributed by atoms with van der Waals surface area (Å²) in [4.78, 5) is 13.6. The molecule has 0 spiro atoms. The van der Waals surface area contributed by atoms with E-state index < -0.39 is 0 Å². The topological polar surface area (TPSA) is 44.1 Å². The number of carbonyl (C=O) groups excluding carboxylic acids is 1. The Morgan fingerprint density at radius 3 is 2.88 bits per heavy atom. The van der Waals surface area contributed by atoms with Crippen molar-refractivity contribution in [2.45, 2.75) is 25.8 Å². The van der Waals surface area contributed by atoms with E-state index in [0.29, 0.717) is 12.8 Å². The Hall–Kier alpha value is -1.34. The van der Waals surface area contributed by atoms with Gasteiger partial charge in [0.05, 0.1) is 18.9 Å². The summed E-state index contributed by atoms with van der Waals surface area (Å²) < 4.78 is 0.968. The van der Waals surface area contributed by atoms with E-state index in [4.69, 9.17) is 5.26 Å². The summed E-state index contributed by atoms with van der Waals surface area (Å²) >= 11 is 3.37. The minimum Gasteiger partial charge on any atom is -0.342 e. The molecule has 0 saturated carbocycles. The zero-order valence-corrected chi connectivity index (χ0v) is 11.6. The summed E-state index contributed by atoms with van der Waals surface area (Å²) in [6.07, 6.45) is 0.729. The summed E-state index contributed by atoms with van der Waals surface area (Å²) in [5, 5.41) is 8.60. The smallest absolute Gasteiger partial charge is 0.227 e. The van der Waals surface area contributed by atoms with Crippen LogP contribution < -0.4 is 0 Å². The zero-order valence-electron chi connectivity index (χ0n) is 9.98. The minimum atomic E-state index is -0.0420. The van der Waals surface area contributed by atoms with E-state index in [-0.39, 0.29) is 11.9 Å². The Bertz CT molecular complexity index is 439. The molecular weight excluding hydrogens is 280 g/mol. The molecule has 0 bridgehead atoms. The summed E-state index contributed by atoms with van der Waals surface area (Å²) in [7, 11) is 1.74. The molecule has 0 saturated heterocycles. The van der Waals surface area contributed by atoms with Gasteiger partial charge in [0.25, 0.3) is 0 Å². The first kappa shape index (κ1) is 13.7. The molecule has 90 valence electrons. The van der Waals surface area contributed by atoms with Crippen LogP contribution in [0.5, 0.6) is 0 Å². The van der Waals surface area contributed by atoms with Gasteiger partial charge < -0.3 is 4.90 Å². The highest BCUT2D eigenvalue weighted by Crippen LogP contribution is 2.13. The predicted molar refractivity (Wildman–Crippen MR) is 70.3 cm³/mol. The number of amides is 1. The van der Waals surface area contributed by atoms with Gasteiger partial charge in [0.2, 0.25) is 5.91 Å². The van der Waals surface area contributed by atoms with Crippen LogP contribution in [-0.4, -0.2) is 23.9 Å². The number of hydrogen-bond acceptors (Lipinski definition) is 2. The molecule has 1 rings (SSSR count). The lowest BCUT2D eigenvalue weighted by molar-refractivity contribution is -0.130. The molecule has 1 atom stereocenters. The molecular formula is C13H15BrN2O. The number of hydrogen-bond donors (Lipinski definition) is 0. The van der Waals surface area contributed by atoms with Crippen LogP contribution in [0.3, 0.4) is 0 Å². The highest BCUT2D eigenvalue weighted by molar-refractivity contribution is 9.10. The van der Waals surface area contributed by atoms with Crippen molar-refractivity contribution in [3.05, 3.63) is 34.3 Å². The van der Waals surface area contributed by atoms with E-state index in [1.807, 2.05) is 31.2 Å². The van der Waals surface area contributed by atoms with Gasteiger partial charge in [-0.15, -0.1) is 0 Å². The highest BCUT2D eigenvalue weighted by Gasteiger charge is 2.15. The molecule has 17 heavy (non-hydrogen) atoms. The van der Waals surface area contributed by atoms with Crippen molar-refractivity contribution in [2.24, 2.45) is 0 Å². The molecule has 1 unspecified atom stereocenters. The average Bonchev–Trinajstić information content (AvgIpc) is 2.28. The Balaban J connectivity index is 2.63. The largest absolute Gasteiger partial charge is 0.342 e. The van der Waals surface area contributed by atoms with Gasteiger partial charge in [-0.3, -0.25) is 4.79 Å². The van der Waals surface area contributed by atoms with Crippen molar-refractivity contribution in [1.29, 1.82) is 5.26 Å². The maximum Gasteiger partial charge on any atom is 0.227 e. The first-order valence-electron chi connectivity index (χ1n) is 5.41. The Morgan fingerprint density at radius 2 is 2.29 bits per heavy atom. The van der Waals surface area contributed by atoms with Gasteiger partial charge >= 0.3 is 0 Å². The van der Waals surface area contributed by atoms with Crippen LogP contribution >= 0.6 is 15.9 Å². The number of carbonyl (C=O) groups is 1. The van der Waals surface area contributed by atoms with Gasteiger partial charge in [-0.25, -0.2) is 0 Å². The van der Waals surface area contributed by atoms with Gasteiger partial charge in [-0.2, -0.15) is 5.26 Å². The van der Waals surface area contributed by atoms with Crippen molar-refractivity contribution in [2.75, 3.05) is 7.05 Å². The highest BCUT2D eigenvalue weighted by atomic mass is 79.9. The number of nitrogens with zero attached hydrogens (tertiary/aromatic N) is 2. The van der Waals surface area contributed by atoms with Crippen molar-refractivity contribution in [3.63, 3.8) is 0 Å². The third-order valence-corrected chi connectivity index (χ3v) is 3.18. The standard InChI is InChI=1S/C13H15BrN2O/c1-10(6-7-15)16(2)13(17)9-11-4-3-5-12(14)8-11/h3-5,8,10H,6,9H2,1-2H3. The van der Waals surface area contributed by atoms with Gasteiger partial charge in [-0.05, 0) is 24.6 Å². The normalized spacial score (nSPS) is 11.6. The van der Waals surface area contributed by atoms with Crippen LogP contribution in [0.1, 0.15) is 18.9 Å². The van der Waals surface area contributed by atoms with E-state index in [0.717, 1.165) is 10.0 Å². The second-order valence-corrected chi connectivity index (χ2v) is 4.94. The molecule has 0 aliphatic heterocycles. The number of nitriles is 1. The first-order chi connectivity index (χ1) is 8.04. The lowest BCUT2D eigenvalue weighted by Gasteiger charge is -2.23. The van der Waals surface area contributed by atoms with Crippen molar-refractivity contribution < 1.29 is 4.79 Å². The molecule has 0 heterocycles. The van der Waals surface area contributed by atoms with Crippen molar-refractivity contribution in [1.82, 2.24) is 4.90 Å². The third kappa shape index (κ3) is 4.20. The van der Waals surface area contributed by atoms with E-state index in [9.17, 15) is 4.79 Å². The first-order valence-corrected chi connectivity index (χ1v) is 6.21. The molecule has 1 aromatic rings. The van der Waals surface area contributed by atoms with E-state index in [2.05, 4.69) is 22.0 Å². The van der Waals surface area contributed by atoms with Crippen LogP contribution in [0.4, 0.5) is 0 Å². The molecule has 1 aromatic carbocycles. The van der Waals surface area contributed by atoms with E-state index in [1.165, 1.54) is 0 Å². The zero-order chi connectivity index (χ0) is 12.8. The third-order valence-electron chi connectivity index (χ3n) is 2.69. The molecule has 0 fully saturated rings. The summed E-state index contributed by atoms with van der Waals surface area (Å²) in [6, 6.07) is 9.72. The molecule has 0 aliphatic rings. The van der Waals surface area contributed by atoms with Crippen molar-refractivity contribution in [3.8, 4) is 6.07 Å². The average molecular weight is 295 g/mol. The lowest BCUT2D eigenvalue weighted by Crippen LogP contribution is -2.35. The fraction of sp³-hybridized carbons (Fsp3) is 0.385. The van der Waals surface area contributed by atoms with Gasteiger partial charge in [0, 0.05) is 17.6 Å². The quantitative estimate of drug-likeness (QED) is 0.857. The SMILES string of the molecule is CC(CC#N)N(C)C(=O)Cc1cccc(Br)c1. The predicted octanol–water partition coefficient (Wildman–Crippen LogP) is 2.75. The molecule has 0 aliphatic carbocycles. The second kappa shape index (κ2) is 6.41. The summed E-state index contributed by atoms with van der Waals surface area (Å²) in [6.45, 7) is 1.88. The number of rotatable bonds is 4. The maximum atomic E-state index is 11.9. The fourth-order valence-corrected chi connectivity index (χ4v) is 1.91. The lowest BCUT2D eigenvalue weighted by atomic mass is 10.1. The Morgan fingerprint density at radius 1 is 1.59 bits per heavy atom. The molecule has 1 amide bonds. The summed E-state index contributed by atoms with van der Waals surface area (Å²) in [5.74, 6) is 0.0332. The maximum absolute atomic E-state index is 11.9. The molecule has 3 nitrogen and oxygen atoms in total. The number of halogens is 1. The molecule has 4 heteroatoms. The van der Waals surface area contributed by atoms with Crippen LogP contribution in [0.2, 0.25) is 0 Å². The van der Waals surface area contributed by atoms with E-state index >= 15 is 0 Å². The fourth-order valence-electron chi connectivity index (χ4n) is 1.46. The van der Waals surface area contributed by atoms with Gasteiger partial charge in [0.15, 0.2) is 0 Å². The number of likely N-dealkylation sites (N-methyl/N-ethyl adjacent to an activating group) is 1. The van der Waals surface area contributed by atoms with Crippen LogP contribution in [-0.2, 0) is 11.2 Å². The Kier molecular flexibility index (Phi) is 5.17. The van der Waals surface area contributed by atoms with Gasteiger partial charge in [-0.1, -0.05) is 28.1 Å². The van der Waals surface area contributed by atoms with Crippen LogP contribution in [0, 0.1) is 11.3 Å². The molecule has 0 radical (unpaired) electrons. The van der Waals surface area contributed by atoms with Crippen LogP contribution in [0.25, 0.3) is 0 Å². The second-order valence-electron chi connectivity index (χ2n) is 4.02. The molecule has 0 N–H and O–H groups in total. The van der Waals surface area contributed by atoms with E-state index in [1.54, 1.807) is 11.9 Å². The van der Waals surface area contributed by atoms with Gasteiger partial charge in [0.1, 0.15) is 0 Å². The monoisotopic (exact) mass is 294 g/mol. The van der Waals surface area contributed by atoms with Crippen molar-refractivity contribution >= 4 is 21.8 Å². The number of benzene rings is 1. The molecule has 0 aromatic heterocycles.